The molecule has 0 radical (unpaired) electrons. The Balaban J connectivity index is 1.92. The van der Waals surface area contributed by atoms with Gasteiger partial charge in [-0.3, -0.25) is 9.59 Å². The Hall–Kier alpha value is -3.54. The molecule has 30 heavy (non-hydrogen) atoms. The molecule has 0 spiro atoms. The number of nitrogens with zero attached hydrogens (tertiary/aromatic N) is 1. The standard InChI is InChI=1S/C24H27N3O3/c1-6-25-23(28)18-11-10-15(2)22(13-18)26-24(29)21-12-16(3)27(17(21)4)19-8-7-9-20(14-19)30-5/h7-14H,6H2,1-5H3,(H,25,28)(H,26,29). The normalized spacial score (nSPS) is 10.6. The van der Waals surface area contributed by atoms with Gasteiger partial charge < -0.3 is 19.9 Å². The molecule has 1 heterocycles. The SMILES string of the molecule is CCNC(=O)c1ccc(C)c(NC(=O)c2cc(C)n(-c3cccc(OC)c3)c2C)c1. The summed E-state index contributed by atoms with van der Waals surface area (Å²) >= 11 is 0. The molecule has 3 aromatic rings. The van der Waals surface area contributed by atoms with E-state index in [9.17, 15) is 9.59 Å². The minimum absolute atomic E-state index is 0.163. The van der Waals surface area contributed by atoms with Crippen molar-refractivity contribution in [2.45, 2.75) is 27.7 Å². The van der Waals surface area contributed by atoms with Gasteiger partial charge in [-0.1, -0.05) is 12.1 Å². The van der Waals surface area contributed by atoms with Crippen molar-refractivity contribution in [3.8, 4) is 11.4 Å². The third-order valence-corrected chi connectivity index (χ3v) is 5.07. The van der Waals surface area contributed by atoms with Crippen LogP contribution in [0.15, 0.2) is 48.5 Å². The number of aryl methyl sites for hydroxylation is 2. The number of hydrogen-bond donors (Lipinski definition) is 2. The summed E-state index contributed by atoms with van der Waals surface area (Å²) in [6, 6.07) is 14.9. The molecule has 0 aliphatic carbocycles. The van der Waals surface area contributed by atoms with Gasteiger partial charge in [0.05, 0.1) is 12.7 Å². The molecule has 6 heteroatoms. The third kappa shape index (κ3) is 4.22. The zero-order valence-electron chi connectivity index (χ0n) is 18.0. The number of aromatic nitrogens is 1. The average molecular weight is 405 g/mol. The van der Waals surface area contributed by atoms with Crippen molar-refractivity contribution in [1.29, 1.82) is 0 Å². The van der Waals surface area contributed by atoms with Crippen molar-refractivity contribution in [2.24, 2.45) is 0 Å². The number of anilines is 1. The van der Waals surface area contributed by atoms with Crippen LogP contribution < -0.4 is 15.4 Å². The lowest BCUT2D eigenvalue weighted by atomic mass is 10.1. The summed E-state index contributed by atoms with van der Waals surface area (Å²) in [7, 11) is 1.63. The molecule has 2 amide bonds. The van der Waals surface area contributed by atoms with Gasteiger partial charge in [-0.25, -0.2) is 0 Å². The summed E-state index contributed by atoms with van der Waals surface area (Å²) in [5.74, 6) is 0.376. The number of rotatable bonds is 6. The molecule has 0 aliphatic heterocycles. The molecule has 156 valence electrons. The first kappa shape index (κ1) is 21.2. The van der Waals surface area contributed by atoms with E-state index in [0.717, 1.165) is 28.4 Å². The van der Waals surface area contributed by atoms with Crippen LogP contribution in [0.3, 0.4) is 0 Å². The molecule has 1 aromatic heterocycles. The van der Waals surface area contributed by atoms with Gasteiger partial charge in [-0.05, 0) is 63.6 Å². The topological polar surface area (TPSA) is 72.4 Å². The van der Waals surface area contributed by atoms with Crippen molar-refractivity contribution < 1.29 is 14.3 Å². The van der Waals surface area contributed by atoms with Gasteiger partial charge in [0.2, 0.25) is 0 Å². The maximum absolute atomic E-state index is 13.1. The number of ether oxygens (including phenoxy) is 1. The summed E-state index contributed by atoms with van der Waals surface area (Å²) in [4.78, 5) is 25.2. The van der Waals surface area contributed by atoms with E-state index in [-0.39, 0.29) is 11.8 Å². The van der Waals surface area contributed by atoms with Gasteiger partial charge in [0, 0.05) is 40.9 Å². The smallest absolute Gasteiger partial charge is 0.257 e. The van der Waals surface area contributed by atoms with Gasteiger partial charge in [-0.2, -0.15) is 0 Å². The van der Waals surface area contributed by atoms with Gasteiger partial charge in [-0.15, -0.1) is 0 Å². The van der Waals surface area contributed by atoms with Crippen LogP contribution >= 0.6 is 0 Å². The second-order valence-electron chi connectivity index (χ2n) is 7.16. The minimum atomic E-state index is -0.214. The second kappa shape index (κ2) is 8.86. The monoisotopic (exact) mass is 405 g/mol. The Morgan fingerprint density at radius 2 is 1.77 bits per heavy atom. The van der Waals surface area contributed by atoms with Gasteiger partial charge in [0.15, 0.2) is 0 Å². The van der Waals surface area contributed by atoms with E-state index in [0.29, 0.717) is 23.4 Å². The molecule has 2 aromatic carbocycles. The van der Waals surface area contributed by atoms with Crippen molar-refractivity contribution in [2.75, 3.05) is 19.0 Å². The highest BCUT2D eigenvalue weighted by molar-refractivity contribution is 6.06. The Morgan fingerprint density at radius 1 is 1.00 bits per heavy atom. The minimum Gasteiger partial charge on any atom is -0.497 e. The van der Waals surface area contributed by atoms with Crippen LogP contribution in [0.25, 0.3) is 5.69 Å². The fraction of sp³-hybridized carbons (Fsp3) is 0.250. The Kier molecular flexibility index (Phi) is 6.26. The van der Waals surface area contributed by atoms with Crippen LogP contribution in [0.5, 0.6) is 5.75 Å². The van der Waals surface area contributed by atoms with Crippen molar-refractivity contribution in [3.05, 3.63) is 76.6 Å². The third-order valence-electron chi connectivity index (χ3n) is 5.07. The molecule has 0 fully saturated rings. The van der Waals surface area contributed by atoms with E-state index in [1.54, 1.807) is 19.2 Å². The van der Waals surface area contributed by atoms with Gasteiger partial charge in [0.25, 0.3) is 11.8 Å². The Morgan fingerprint density at radius 3 is 2.47 bits per heavy atom. The van der Waals surface area contributed by atoms with E-state index in [4.69, 9.17) is 4.74 Å². The predicted molar refractivity (Wildman–Crippen MR) is 119 cm³/mol. The van der Waals surface area contributed by atoms with E-state index in [1.165, 1.54) is 0 Å². The lowest BCUT2D eigenvalue weighted by Gasteiger charge is -2.12. The number of carbonyl (C=O) groups is 2. The molecule has 0 atom stereocenters. The number of nitrogens with one attached hydrogen (secondary N) is 2. The van der Waals surface area contributed by atoms with Crippen LogP contribution in [-0.4, -0.2) is 30.0 Å². The van der Waals surface area contributed by atoms with Crippen LogP contribution in [0.1, 0.15) is 44.6 Å². The zero-order chi connectivity index (χ0) is 21.8. The first-order chi connectivity index (χ1) is 14.3. The molecule has 0 unspecified atom stereocenters. The summed E-state index contributed by atoms with van der Waals surface area (Å²) in [6.07, 6.45) is 0. The van der Waals surface area contributed by atoms with Gasteiger partial charge >= 0.3 is 0 Å². The predicted octanol–water partition coefficient (Wildman–Crippen LogP) is 4.41. The number of methoxy groups -OCH3 is 1. The maximum Gasteiger partial charge on any atom is 0.257 e. The molecular formula is C24H27N3O3. The quantitative estimate of drug-likeness (QED) is 0.638. The molecule has 0 aliphatic rings. The van der Waals surface area contributed by atoms with Crippen molar-refractivity contribution in [1.82, 2.24) is 9.88 Å². The summed E-state index contributed by atoms with van der Waals surface area (Å²) in [5.41, 5.74) is 5.30. The Labute approximate surface area is 176 Å². The number of carbonyl (C=O) groups excluding carboxylic acids is 2. The fourth-order valence-electron chi connectivity index (χ4n) is 3.49. The van der Waals surface area contributed by atoms with Crippen molar-refractivity contribution >= 4 is 17.5 Å². The molecule has 3 rings (SSSR count). The van der Waals surface area contributed by atoms with E-state index >= 15 is 0 Å². The number of amides is 2. The highest BCUT2D eigenvalue weighted by Crippen LogP contribution is 2.25. The summed E-state index contributed by atoms with van der Waals surface area (Å²) in [6.45, 7) is 8.19. The zero-order valence-corrected chi connectivity index (χ0v) is 18.0. The maximum atomic E-state index is 13.1. The fourth-order valence-corrected chi connectivity index (χ4v) is 3.49. The molecule has 0 bridgehead atoms. The van der Waals surface area contributed by atoms with Crippen LogP contribution in [0.4, 0.5) is 5.69 Å². The van der Waals surface area contributed by atoms with Crippen molar-refractivity contribution in [3.63, 3.8) is 0 Å². The molecule has 6 nitrogen and oxygen atoms in total. The highest BCUT2D eigenvalue weighted by Gasteiger charge is 2.18. The lowest BCUT2D eigenvalue weighted by molar-refractivity contribution is 0.0954. The lowest BCUT2D eigenvalue weighted by Crippen LogP contribution is -2.23. The number of benzene rings is 2. The van der Waals surface area contributed by atoms with Crippen LogP contribution in [0.2, 0.25) is 0 Å². The highest BCUT2D eigenvalue weighted by atomic mass is 16.5. The average Bonchev–Trinajstić information content (AvgIpc) is 3.03. The molecule has 0 saturated carbocycles. The van der Waals surface area contributed by atoms with Gasteiger partial charge in [0.1, 0.15) is 5.75 Å². The Bertz CT molecular complexity index is 1100. The molecular weight excluding hydrogens is 378 g/mol. The summed E-state index contributed by atoms with van der Waals surface area (Å²) in [5, 5.41) is 5.74. The van der Waals surface area contributed by atoms with Crippen LogP contribution in [0, 0.1) is 20.8 Å². The van der Waals surface area contributed by atoms with E-state index in [2.05, 4.69) is 10.6 Å². The molecule has 0 saturated heterocycles. The first-order valence-corrected chi connectivity index (χ1v) is 9.89. The van der Waals surface area contributed by atoms with Crippen LogP contribution in [-0.2, 0) is 0 Å². The van der Waals surface area contributed by atoms with E-state index in [1.807, 2.05) is 68.7 Å². The summed E-state index contributed by atoms with van der Waals surface area (Å²) < 4.78 is 7.35. The molecule has 2 N–H and O–H groups in total. The first-order valence-electron chi connectivity index (χ1n) is 9.89. The number of hydrogen-bond acceptors (Lipinski definition) is 3. The largest absolute Gasteiger partial charge is 0.497 e. The van der Waals surface area contributed by atoms with E-state index < -0.39 is 0 Å². The second-order valence-corrected chi connectivity index (χ2v) is 7.16.